The lowest BCUT2D eigenvalue weighted by Crippen LogP contribution is -2.53. The molecule has 3 aromatic rings. The predicted octanol–water partition coefficient (Wildman–Crippen LogP) is 4.55. The van der Waals surface area contributed by atoms with E-state index in [1.54, 1.807) is 24.3 Å². The van der Waals surface area contributed by atoms with Crippen molar-refractivity contribution >= 4 is 50.9 Å². The lowest BCUT2D eigenvalue weighted by Gasteiger charge is -2.32. The molecule has 1 unspecified atom stereocenters. The zero-order valence-corrected chi connectivity index (χ0v) is 24.3. The first-order valence-electron chi connectivity index (χ1n) is 12.7. The van der Waals surface area contributed by atoms with Gasteiger partial charge in [0, 0.05) is 19.5 Å². The van der Waals surface area contributed by atoms with Gasteiger partial charge in [-0.3, -0.25) is 14.4 Å². The molecular weight excluding hydrogens is 573 g/mol. The van der Waals surface area contributed by atoms with Gasteiger partial charge in [0.25, 0.3) is 15.9 Å². The van der Waals surface area contributed by atoms with Crippen LogP contribution in [0.1, 0.15) is 35.3 Å². The Morgan fingerprint density at radius 3 is 2.25 bits per heavy atom. The van der Waals surface area contributed by atoms with Crippen molar-refractivity contribution in [1.82, 2.24) is 14.5 Å². The first-order chi connectivity index (χ1) is 19.0. The third-order valence-corrected chi connectivity index (χ3v) is 9.01. The Morgan fingerprint density at radius 1 is 0.925 bits per heavy atom. The average molecular weight is 603 g/mol. The van der Waals surface area contributed by atoms with Crippen LogP contribution in [0, 0.1) is 5.92 Å². The van der Waals surface area contributed by atoms with E-state index in [1.165, 1.54) is 23.1 Å². The maximum atomic E-state index is 13.9. The Balaban J connectivity index is 1.72. The monoisotopic (exact) mass is 601 g/mol. The molecule has 1 heterocycles. The molecule has 8 nitrogen and oxygen atoms in total. The number of rotatable bonds is 10. The second kappa shape index (κ2) is 12.4. The topological polar surface area (TPSA) is 104 Å². The standard InChI is InChI=1S/C29H29Cl2N3O5S/c1-19(2)16-32-28(36)25(15-20-8-4-3-5-9-20)33(17-21-12-13-23(30)24(31)14-21)27(35)18-34-29(37)22-10-6-7-11-26(22)40(34,38)39/h3-14,19,25H,15-18H2,1-2H3,(H,32,36). The summed E-state index contributed by atoms with van der Waals surface area (Å²) >= 11 is 12.3. The number of nitrogens with zero attached hydrogens (tertiary/aromatic N) is 2. The van der Waals surface area contributed by atoms with Crippen molar-refractivity contribution in [3.8, 4) is 0 Å². The van der Waals surface area contributed by atoms with Gasteiger partial charge in [-0.1, -0.05) is 85.6 Å². The molecule has 1 atom stereocenters. The van der Waals surface area contributed by atoms with Crippen LogP contribution in [0.25, 0.3) is 0 Å². The van der Waals surface area contributed by atoms with E-state index in [1.807, 2.05) is 44.2 Å². The quantitative estimate of drug-likeness (QED) is 0.367. The minimum absolute atomic E-state index is 0.00171. The van der Waals surface area contributed by atoms with Crippen molar-refractivity contribution in [2.45, 2.75) is 37.8 Å². The summed E-state index contributed by atoms with van der Waals surface area (Å²) in [5.41, 5.74) is 1.38. The Hall–Kier alpha value is -3.40. The van der Waals surface area contributed by atoms with Crippen LogP contribution < -0.4 is 5.32 Å². The van der Waals surface area contributed by atoms with Gasteiger partial charge in [0.2, 0.25) is 11.8 Å². The zero-order valence-electron chi connectivity index (χ0n) is 22.0. The second-order valence-electron chi connectivity index (χ2n) is 9.93. The maximum absolute atomic E-state index is 13.9. The third kappa shape index (κ3) is 6.49. The van der Waals surface area contributed by atoms with E-state index in [0.29, 0.717) is 21.4 Å². The van der Waals surface area contributed by atoms with Gasteiger partial charge in [-0.15, -0.1) is 0 Å². The van der Waals surface area contributed by atoms with Crippen molar-refractivity contribution in [3.63, 3.8) is 0 Å². The van der Waals surface area contributed by atoms with Crippen LogP contribution in [0.15, 0.2) is 77.7 Å². The number of carbonyl (C=O) groups excluding carboxylic acids is 3. The van der Waals surface area contributed by atoms with Crippen LogP contribution in [-0.4, -0.2) is 54.5 Å². The van der Waals surface area contributed by atoms with Crippen LogP contribution in [-0.2, 0) is 32.6 Å². The van der Waals surface area contributed by atoms with Gasteiger partial charge in [0.1, 0.15) is 17.5 Å². The largest absolute Gasteiger partial charge is 0.354 e. The van der Waals surface area contributed by atoms with Crippen molar-refractivity contribution in [1.29, 1.82) is 0 Å². The molecule has 11 heteroatoms. The molecule has 0 bridgehead atoms. The first kappa shape index (κ1) is 29.6. The molecule has 3 aromatic carbocycles. The minimum atomic E-state index is -4.24. The molecule has 40 heavy (non-hydrogen) atoms. The number of hydrogen-bond donors (Lipinski definition) is 1. The van der Waals surface area contributed by atoms with E-state index < -0.39 is 40.3 Å². The molecule has 3 amide bonds. The van der Waals surface area contributed by atoms with E-state index in [-0.39, 0.29) is 34.4 Å². The van der Waals surface area contributed by atoms with Gasteiger partial charge in [-0.25, -0.2) is 12.7 Å². The molecular formula is C29H29Cl2N3O5S. The fourth-order valence-corrected chi connectivity index (χ4v) is 6.25. The summed E-state index contributed by atoms with van der Waals surface area (Å²) in [5, 5.41) is 3.49. The summed E-state index contributed by atoms with van der Waals surface area (Å²) in [6.45, 7) is 3.45. The van der Waals surface area contributed by atoms with Crippen LogP contribution >= 0.6 is 23.2 Å². The number of fused-ring (bicyclic) bond motifs is 1. The Kier molecular flexibility index (Phi) is 9.18. The molecule has 210 valence electrons. The predicted molar refractivity (Wildman–Crippen MR) is 153 cm³/mol. The summed E-state index contributed by atoms with van der Waals surface area (Å²) in [6, 6.07) is 18.8. The van der Waals surface area contributed by atoms with Crippen LogP contribution in [0.3, 0.4) is 0 Å². The van der Waals surface area contributed by atoms with Crippen molar-refractivity contribution in [2.24, 2.45) is 5.92 Å². The van der Waals surface area contributed by atoms with Gasteiger partial charge < -0.3 is 10.2 Å². The maximum Gasteiger partial charge on any atom is 0.269 e. The molecule has 4 rings (SSSR count). The molecule has 0 aromatic heterocycles. The highest BCUT2D eigenvalue weighted by molar-refractivity contribution is 7.90. The van der Waals surface area contributed by atoms with Crippen LogP contribution in [0.2, 0.25) is 10.0 Å². The molecule has 1 N–H and O–H groups in total. The van der Waals surface area contributed by atoms with Gasteiger partial charge >= 0.3 is 0 Å². The smallest absolute Gasteiger partial charge is 0.269 e. The highest BCUT2D eigenvalue weighted by Crippen LogP contribution is 2.30. The molecule has 1 aliphatic heterocycles. The molecule has 0 spiro atoms. The van der Waals surface area contributed by atoms with Crippen molar-refractivity contribution in [2.75, 3.05) is 13.1 Å². The van der Waals surface area contributed by atoms with Gasteiger partial charge in [-0.2, -0.15) is 0 Å². The Bertz CT molecular complexity index is 1530. The second-order valence-corrected chi connectivity index (χ2v) is 12.6. The van der Waals surface area contributed by atoms with E-state index in [4.69, 9.17) is 23.2 Å². The lowest BCUT2D eigenvalue weighted by molar-refractivity contribution is -0.141. The third-order valence-electron chi connectivity index (χ3n) is 6.48. The Labute approximate surface area is 243 Å². The summed E-state index contributed by atoms with van der Waals surface area (Å²) in [4.78, 5) is 41.7. The Morgan fingerprint density at radius 2 is 1.60 bits per heavy atom. The van der Waals surface area contributed by atoms with Crippen LogP contribution in [0.5, 0.6) is 0 Å². The van der Waals surface area contributed by atoms with Crippen molar-refractivity contribution < 1.29 is 22.8 Å². The van der Waals surface area contributed by atoms with E-state index in [9.17, 15) is 22.8 Å². The van der Waals surface area contributed by atoms with Crippen molar-refractivity contribution in [3.05, 3.63) is 99.5 Å². The number of sulfonamides is 1. The number of halogens is 2. The molecule has 0 aliphatic carbocycles. The number of carbonyl (C=O) groups is 3. The highest BCUT2D eigenvalue weighted by atomic mass is 35.5. The number of benzene rings is 3. The first-order valence-corrected chi connectivity index (χ1v) is 14.9. The molecule has 0 fully saturated rings. The minimum Gasteiger partial charge on any atom is -0.354 e. The fourth-order valence-electron chi connectivity index (χ4n) is 4.41. The van der Waals surface area contributed by atoms with Gasteiger partial charge in [0.05, 0.1) is 15.6 Å². The molecule has 0 radical (unpaired) electrons. The number of hydrogen-bond acceptors (Lipinski definition) is 5. The zero-order chi connectivity index (χ0) is 29.0. The van der Waals surface area contributed by atoms with E-state index in [0.717, 1.165) is 5.56 Å². The van der Waals surface area contributed by atoms with E-state index >= 15 is 0 Å². The number of amides is 3. The van der Waals surface area contributed by atoms with Gasteiger partial charge in [0.15, 0.2) is 0 Å². The summed E-state index contributed by atoms with van der Waals surface area (Å²) in [7, 11) is -4.24. The van der Waals surface area contributed by atoms with Crippen LogP contribution in [0.4, 0.5) is 0 Å². The molecule has 0 saturated carbocycles. The lowest BCUT2D eigenvalue weighted by atomic mass is 10.0. The fraction of sp³-hybridized carbons (Fsp3) is 0.276. The SMILES string of the molecule is CC(C)CNC(=O)C(Cc1ccccc1)N(Cc1ccc(Cl)c(Cl)c1)C(=O)CN1C(=O)c2ccccc2S1(=O)=O. The average Bonchev–Trinajstić information content (AvgIpc) is 3.12. The van der Waals surface area contributed by atoms with E-state index in [2.05, 4.69) is 5.32 Å². The normalized spacial score (nSPS) is 14.6. The summed E-state index contributed by atoms with van der Waals surface area (Å²) in [5.74, 6) is -1.74. The summed E-state index contributed by atoms with van der Waals surface area (Å²) in [6.07, 6.45) is 0.165. The highest BCUT2D eigenvalue weighted by Gasteiger charge is 2.43. The number of nitrogens with one attached hydrogen (secondary N) is 1. The molecule has 0 saturated heterocycles. The summed E-state index contributed by atoms with van der Waals surface area (Å²) < 4.78 is 26.9. The molecule has 1 aliphatic rings. The van der Waals surface area contributed by atoms with Gasteiger partial charge in [-0.05, 0) is 41.3 Å².